The van der Waals surface area contributed by atoms with Crippen LogP contribution >= 0.6 is 35.4 Å². The number of ether oxygens (including phenoxy) is 2. The number of amides is 1. The lowest BCUT2D eigenvalue weighted by atomic mass is 10.1. The molecule has 10 heteroatoms. The predicted octanol–water partition coefficient (Wildman–Crippen LogP) is 4.89. The summed E-state index contributed by atoms with van der Waals surface area (Å²) in [5, 5.41) is 8.42. The molecule has 2 heterocycles. The molecular weight excluding hydrogens is 483 g/mol. The first-order valence-corrected chi connectivity index (χ1v) is 11.1. The number of rotatable bonds is 6. The van der Waals surface area contributed by atoms with Crippen molar-refractivity contribution in [3.05, 3.63) is 75.2 Å². The van der Waals surface area contributed by atoms with E-state index in [1.54, 1.807) is 55.4 Å². The topological polar surface area (TPSA) is 68.6 Å². The number of nitrogens with one attached hydrogen (secondary N) is 1. The highest BCUT2D eigenvalue weighted by molar-refractivity contribution is 7.80. The van der Waals surface area contributed by atoms with E-state index in [4.69, 9.17) is 44.9 Å². The van der Waals surface area contributed by atoms with Gasteiger partial charge in [-0.05, 0) is 55.0 Å². The second-order valence-corrected chi connectivity index (χ2v) is 8.51. The molecule has 1 fully saturated rings. The van der Waals surface area contributed by atoms with Crippen molar-refractivity contribution in [1.29, 1.82) is 0 Å². The van der Waals surface area contributed by atoms with E-state index in [1.807, 2.05) is 19.1 Å². The molecule has 0 aliphatic carbocycles. The first-order valence-electron chi connectivity index (χ1n) is 9.89. The van der Waals surface area contributed by atoms with Crippen LogP contribution in [0.5, 0.6) is 11.5 Å². The van der Waals surface area contributed by atoms with Crippen LogP contribution in [0.1, 0.15) is 16.8 Å². The molecule has 1 aliphatic rings. The molecule has 1 saturated heterocycles. The fourth-order valence-electron chi connectivity index (χ4n) is 3.50. The zero-order valence-corrected chi connectivity index (χ0v) is 20.4. The molecule has 0 bridgehead atoms. The van der Waals surface area contributed by atoms with Crippen molar-refractivity contribution in [2.24, 2.45) is 7.05 Å². The second kappa shape index (κ2) is 9.43. The molecule has 4 rings (SSSR count). The van der Waals surface area contributed by atoms with Gasteiger partial charge in [-0.3, -0.25) is 9.48 Å². The summed E-state index contributed by atoms with van der Waals surface area (Å²) in [6.45, 7) is 2.00. The molecule has 1 aliphatic heterocycles. The zero-order chi connectivity index (χ0) is 23.7. The fraction of sp³-hybridized carbons (Fsp3) is 0.174. The van der Waals surface area contributed by atoms with Crippen molar-refractivity contribution in [2.75, 3.05) is 12.0 Å². The van der Waals surface area contributed by atoms with Gasteiger partial charge in [-0.2, -0.15) is 5.10 Å². The molecule has 0 saturated carbocycles. The molecule has 0 unspecified atom stereocenters. The second-order valence-electron chi connectivity index (χ2n) is 7.31. The summed E-state index contributed by atoms with van der Waals surface area (Å²) in [5.41, 5.74) is 3.23. The zero-order valence-electron chi connectivity index (χ0n) is 18.1. The molecule has 170 valence electrons. The molecule has 33 heavy (non-hydrogen) atoms. The molecular formula is C23H20Cl2N4O3S. The third-order valence-electron chi connectivity index (χ3n) is 5.01. The number of hydrogen-bond acceptors (Lipinski definition) is 5. The van der Waals surface area contributed by atoms with Crippen LogP contribution in [0.2, 0.25) is 10.0 Å². The SMILES string of the molecule is COc1ccc(/C=C2/NC(=S)N(c3cn(C)nc3C)C2=O)cc1COc1c(Cl)cccc1Cl. The highest BCUT2D eigenvalue weighted by atomic mass is 35.5. The van der Waals surface area contributed by atoms with E-state index in [0.29, 0.717) is 43.7 Å². The van der Waals surface area contributed by atoms with Crippen molar-refractivity contribution in [2.45, 2.75) is 13.5 Å². The van der Waals surface area contributed by atoms with Crippen LogP contribution < -0.4 is 19.7 Å². The van der Waals surface area contributed by atoms with Gasteiger partial charge in [-0.15, -0.1) is 0 Å². The van der Waals surface area contributed by atoms with E-state index in [1.165, 1.54) is 4.90 Å². The molecule has 0 atom stereocenters. The first kappa shape index (κ1) is 23.1. The Hall–Kier alpha value is -3.07. The highest BCUT2D eigenvalue weighted by Gasteiger charge is 2.33. The summed E-state index contributed by atoms with van der Waals surface area (Å²) in [4.78, 5) is 14.5. The van der Waals surface area contributed by atoms with Gasteiger partial charge in [0.05, 0.1) is 28.5 Å². The number of carbonyl (C=O) groups excluding carboxylic acids is 1. The van der Waals surface area contributed by atoms with E-state index in [2.05, 4.69) is 10.4 Å². The Labute approximate surface area is 206 Å². The number of para-hydroxylation sites is 1. The molecule has 7 nitrogen and oxygen atoms in total. The van der Waals surface area contributed by atoms with Gasteiger partial charge in [-0.1, -0.05) is 35.3 Å². The molecule has 1 amide bonds. The van der Waals surface area contributed by atoms with Crippen LogP contribution in [0.3, 0.4) is 0 Å². The molecule has 1 N–H and O–H groups in total. The van der Waals surface area contributed by atoms with Gasteiger partial charge in [0.2, 0.25) is 0 Å². The Morgan fingerprint density at radius 1 is 1.21 bits per heavy atom. The van der Waals surface area contributed by atoms with Crippen LogP contribution in [0, 0.1) is 6.92 Å². The Bertz CT molecular complexity index is 1270. The summed E-state index contributed by atoms with van der Waals surface area (Å²) in [5.74, 6) is 0.772. The van der Waals surface area contributed by atoms with Gasteiger partial charge in [-0.25, -0.2) is 4.90 Å². The Morgan fingerprint density at radius 2 is 1.94 bits per heavy atom. The smallest absolute Gasteiger partial charge is 0.281 e. The van der Waals surface area contributed by atoms with E-state index in [9.17, 15) is 4.79 Å². The minimum Gasteiger partial charge on any atom is -0.496 e. The van der Waals surface area contributed by atoms with Crippen molar-refractivity contribution < 1.29 is 14.3 Å². The summed E-state index contributed by atoms with van der Waals surface area (Å²) in [7, 11) is 3.37. The number of benzene rings is 2. The van der Waals surface area contributed by atoms with Crippen LogP contribution in [0.15, 0.2) is 48.3 Å². The maximum absolute atomic E-state index is 13.1. The Kier molecular flexibility index (Phi) is 6.60. The quantitative estimate of drug-likeness (QED) is 0.382. The third-order valence-corrected chi connectivity index (χ3v) is 5.89. The lowest BCUT2D eigenvalue weighted by Crippen LogP contribution is -2.30. The highest BCUT2D eigenvalue weighted by Crippen LogP contribution is 2.34. The minimum absolute atomic E-state index is 0.171. The minimum atomic E-state index is -0.257. The summed E-state index contributed by atoms with van der Waals surface area (Å²) in [6.07, 6.45) is 3.48. The van der Waals surface area contributed by atoms with Gasteiger partial charge in [0.25, 0.3) is 5.91 Å². The van der Waals surface area contributed by atoms with E-state index < -0.39 is 0 Å². The average molecular weight is 503 g/mol. The van der Waals surface area contributed by atoms with E-state index in [0.717, 1.165) is 11.1 Å². The normalized spacial score (nSPS) is 14.7. The maximum Gasteiger partial charge on any atom is 0.281 e. The average Bonchev–Trinajstić information content (AvgIpc) is 3.24. The third kappa shape index (κ3) is 4.68. The number of aryl methyl sites for hydroxylation is 2. The van der Waals surface area contributed by atoms with Crippen LogP contribution in [0.25, 0.3) is 6.08 Å². The van der Waals surface area contributed by atoms with Gasteiger partial charge >= 0.3 is 0 Å². The van der Waals surface area contributed by atoms with E-state index in [-0.39, 0.29) is 12.5 Å². The van der Waals surface area contributed by atoms with Crippen molar-refractivity contribution in [3.8, 4) is 11.5 Å². The number of thiocarbonyl (C=S) groups is 1. The number of halogens is 2. The fourth-order valence-corrected chi connectivity index (χ4v) is 4.30. The number of hydrogen-bond donors (Lipinski definition) is 1. The lowest BCUT2D eigenvalue weighted by Gasteiger charge is -2.13. The summed E-state index contributed by atoms with van der Waals surface area (Å²) >= 11 is 17.8. The Morgan fingerprint density at radius 3 is 2.58 bits per heavy atom. The standard InChI is InChI=1S/C23H20Cl2N4O3S/c1-13-19(11-28(2)27-13)29-22(30)18(26-23(29)33)10-14-7-8-20(31-3)15(9-14)12-32-21-16(24)5-4-6-17(21)25/h4-11H,12H2,1-3H3,(H,26,33)/b18-10+. The van der Waals surface area contributed by atoms with Crippen molar-refractivity contribution in [3.63, 3.8) is 0 Å². The number of anilines is 1. The van der Waals surface area contributed by atoms with Crippen LogP contribution in [-0.4, -0.2) is 27.9 Å². The van der Waals surface area contributed by atoms with Gasteiger partial charge in [0, 0.05) is 18.8 Å². The first-order chi connectivity index (χ1) is 15.8. The molecule has 0 radical (unpaired) electrons. The summed E-state index contributed by atoms with van der Waals surface area (Å²) < 4.78 is 13.0. The molecule has 1 aromatic heterocycles. The van der Waals surface area contributed by atoms with Gasteiger partial charge in [0.1, 0.15) is 18.1 Å². The predicted molar refractivity (Wildman–Crippen MR) is 133 cm³/mol. The summed E-state index contributed by atoms with van der Waals surface area (Å²) in [6, 6.07) is 10.7. The number of nitrogens with zero attached hydrogens (tertiary/aromatic N) is 3. The van der Waals surface area contributed by atoms with Crippen LogP contribution in [-0.2, 0) is 18.4 Å². The number of methoxy groups -OCH3 is 1. The molecule has 2 aromatic carbocycles. The van der Waals surface area contributed by atoms with Gasteiger partial charge < -0.3 is 14.8 Å². The van der Waals surface area contributed by atoms with Crippen LogP contribution in [0.4, 0.5) is 5.69 Å². The van der Waals surface area contributed by atoms with Gasteiger partial charge in [0.15, 0.2) is 10.9 Å². The number of aromatic nitrogens is 2. The molecule has 3 aromatic rings. The van der Waals surface area contributed by atoms with E-state index >= 15 is 0 Å². The van der Waals surface area contributed by atoms with Crippen molar-refractivity contribution >= 4 is 58.2 Å². The monoisotopic (exact) mass is 502 g/mol. The molecule has 0 spiro atoms. The maximum atomic E-state index is 13.1. The van der Waals surface area contributed by atoms with Crippen molar-refractivity contribution in [1.82, 2.24) is 15.1 Å². The Balaban J connectivity index is 1.60. The largest absolute Gasteiger partial charge is 0.496 e. The lowest BCUT2D eigenvalue weighted by molar-refractivity contribution is -0.113. The number of carbonyl (C=O) groups is 1.